The lowest BCUT2D eigenvalue weighted by Gasteiger charge is -2.17. The smallest absolute Gasteiger partial charge is 0.262 e. The highest BCUT2D eigenvalue weighted by molar-refractivity contribution is 7.92. The van der Waals surface area contributed by atoms with Crippen molar-refractivity contribution >= 4 is 21.4 Å². The molecular weight excluding hydrogens is 322 g/mol. The molecule has 0 bridgehead atoms. The van der Waals surface area contributed by atoms with E-state index < -0.39 is 10.0 Å². The number of anilines is 1. The summed E-state index contributed by atoms with van der Waals surface area (Å²) in [7, 11) is -3.63. The fourth-order valence-electron chi connectivity index (χ4n) is 3.30. The van der Waals surface area contributed by atoms with Crippen molar-refractivity contribution in [3.05, 3.63) is 59.5 Å². The maximum atomic E-state index is 12.8. The summed E-state index contributed by atoms with van der Waals surface area (Å²) < 4.78 is 30.1. The monoisotopic (exact) mass is 341 g/mol. The van der Waals surface area contributed by atoms with Crippen LogP contribution in [0.3, 0.4) is 0 Å². The lowest BCUT2D eigenvalue weighted by Crippen LogP contribution is -2.15. The van der Waals surface area contributed by atoms with E-state index in [0.717, 1.165) is 30.5 Å². The Morgan fingerprint density at radius 3 is 2.75 bits per heavy atom. The molecule has 0 saturated heterocycles. The minimum absolute atomic E-state index is 0.313. The number of fused-ring (bicyclic) bond motifs is 2. The Labute approximate surface area is 141 Å². The van der Waals surface area contributed by atoms with Crippen molar-refractivity contribution in [3.63, 3.8) is 0 Å². The van der Waals surface area contributed by atoms with Crippen LogP contribution in [0.1, 0.15) is 29.7 Å². The number of imidazole rings is 1. The third-order valence-corrected chi connectivity index (χ3v) is 5.84. The minimum Gasteiger partial charge on any atom is -0.305 e. The van der Waals surface area contributed by atoms with Crippen molar-refractivity contribution in [1.82, 2.24) is 9.38 Å². The van der Waals surface area contributed by atoms with Gasteiger partial charge in [0, 0.05) is 12.4 Å². The molecule has 0 spiro atoms. The van der Waals surface area contributed by atoms with Gasteiger partial charge in [0.2, 0.25) is 0 Å². The molecule has 0 unspecified atom stereocenters. The number of rotatable bonds is 3. The lowest BCUT2D eigenvalue weighted by atomic mass is 9.92. The van der Waals surface area contributed by atoms with Gasteiger partial charge in [-0.2, -0.15) is 0 Å². The summed E-state index contributed by atoms with van der Waals surface area (Å²) in [5.74, 6) is 0. The van der Waals surface area contributed by atoms with Crippen LogP contribution in [-0.4, -0.2) is 17.8 Å². The number of pyridine rings is 1. The van der Waals surface area contributed by atoms with Crippen LogP contribution < -0.4 is 4.72 Å². The molecule has 1 aromatic carbocycles. The second-order valence-electron chi connectivity index (χ2n) is 6.28. The maximum absolute atomic E-state index is 12.8. The van der Waals surface area contributed by atoms with Crippen molar-refractivity contribution in [2.75, 3.05) is 4.72 Å². The van der Waals surface area contributed by atoms with E-state index in [1.54, 1.807) is 18.2 Å². The molecular formula is C18H19N3O2S. The predicted octanol–water partition coefficient (Wildman–Crippen LogP) is 3.32. The number of aromatic nitrogens is 2. The number of nitrogens with zero attached hydrogens (tertiary/aromatic N) is 2. The van der Waals surface area contributed by atoms with Gasteiger partial charge in [-0.15, -0.1) is 0 Å². The molecule has 1 aliphatic carbocycles. The van der Waals surface area contributed by atoms with Crippen LogP contribution in [0.4, 0.5) is 5.69 Å². The second kappa shape index (κ2) is 5.63. The van der Waals surface area contributed by atoms with Crippen molar-refractivity contribution < 1.29 is 8.42 Å². The first-order valence-corrected chi connectivity index (χ1v) is 9.60. The molecule has 24 heavy (non-hydrogen) atoms. The van der Waals surface area contributed by atoms with Gasteiger partial charge in [-0.3, -0.25) is 4.72 Å². The van der Waals surface area contributed by atoms with Crippen molar-refractivity contribution in [3.8, 4) is 0 Å². The summed E-state index contributed by atoms with van der Waals surface area (Å²) in [5, 5.41) is 0. The highest BCUT2D eigenvalue weighted by Gasteiger charge is 2.19. The summed E-state index contributed by atoms with van der Waals surface area (Å²) >= 11 is 0. The normalized spacial score (nSPS) is 14.5. The van der Waals surface area contributed by atoms with Crippen LogP contribution in [0, 0.1) is 6.92 Å². The highest BCUT2D eigenvalue weighted by Crippen LogP contribution is 2.26. The SMILES string of the molecule is Cc1cn2cccc(NS(=O)(=O)c3ccc4c(c3)CCCC4)c2n1. The van der Waals surface area contributed by atoms with Gasteiger partial charge in [-0.25, -0.2) is 13.4 Å². The number of aryl methyl sites for hydroxylation is 3. The molecule has 124 valence electrons. The van der Waals surface area contributed by atoms with E-state index in [2.05, 4.69) is 9.71 Å². The molecule has 0 amide bonds. The summed E-state index contributed by atoms with van der Waals surface area (Å²) in [4.78, 5) is 4.71. The zero-order valence-electron chi connectivity index (χ0n) is 13.5. The summed E-state index contributed by atoms with van der Waals surface area (Å²) in [6.45, 7) is 1.88. The Hall–Kier alpha value is -2.34. The minimum atomic E-state index is -3.63. The number of hydrogen-bond donors (Lipinski definition) is 1. The number of sulfonamides is 1. The zero-order chi connectivity index (χ0) is 16.7. The van der Waals surface area contributed by atoms with Gasteiger partial charge in [-0.1, -0.05) is 6.07 Å². The van der Waals surface area contributed by atoms with Gasteiger partial charge in [0.05, 0.1) is 16.3 Å². The highest BCUT2D eigenvalue weighted by atomic mass is 32.2. The largest absolute Gasteiger partial charge is 0.305 e. The van der Waals surface area contributed by atoms with Crippen LogP contribution >= 0.6 is 0 Å². The molecule has 1 N–H and O–H groups in total. The van der Waals surface area contributed by atoms with Gasteiger partial charge in [0.1, 0.15) is 0 Å². The molecule has 1 aliphatic rings. The zero-order valence-corrected chi connectivity index (χ0v) is 14.3. The Kier molecular flexibility index (Phi) is 3.57. The van der Waals surface area contributed by atoms with Crippen molar-refractivity contribution in [2.24, 2.45) is 0 Å². The second-order valence-corrected chi connectivity index (χ2v) is 7.96. The van der Waals surface area contributed by atoms with Crippen molar-refractivity contribution in [1.29, 1.82) is 0 Å². The standard InChI is InChI=1S/C18H19N3O2S/c1-13-12-21-10-4-7-17(18(21)19-13)20-24(22,23)16-9-8-14-5-2-3-6-15(14)11-16/h4,7-12,20H,2-3,5-6H2,1H3. The molecule has 0 aliphatic heterocycles. The lowest BCUT2D eigenvalue weighted by molar-refractivity contribution is 0.600. The third-order valence-electron chi connectivity index (χ3n) is 4.48. The van der Waals surface area contributed by atoms with E-state index in [4.69, 9.17) is 0 Å². The first-order chi connectivity index (χ1) is 11.5. The molecule has 6 heteroatoms. The summed E-state index contributed by atoms with van der Waals surface area (Å²) in [6.07, 6.45) is 8.01. The molecule has 0 radical (unpaired) electrons. The molecule has 5 nitrogen and oxygen atoms in total. The average Bonchev–Trinajstić information content (AvgIpc) is 2.95. The molecule has 4 rings (SSSR count). The molecule has 2 heterocycles. The van der Waals surface area contributed by atoms with Crippen LogP contribution in [0.2, 0.25) is 0 Å². The summed E-state index contributed by atoms with van der Waals surface area (Å²) in [6, 6.07) is 9.00. The Bertz CT molecular complexity index is 1020. The van der Waals surface area contributed by atoms with E-state index in [1.807, 2.05) is 35.9 Å². The van der Waals surface area contributed by atoms with Gasteiger partial charge in [0.15, 0.2) is 5.65 Å². The first-order valence-electron chi connectivity index (χ1n) is 8.12. The Morgan fingerprint density at radius 1 is 1.12 bits per heavy atom. The average molecular weight is 341 g/mol. The van der Waals surface area contributed by atoms with Gasteiger partial charge >= 0.3 is 0 Å². The topological polar surface area (TPSA) is 63.5 Å². The maximum Gasteiger partial charge on any atom is 0.262 e. The van der Waals surface area contributed by atoms with E-state index in [1.165, 1.54) is 12.0 Å². The summed E-state index contributed by atoms with van der Waals surface area (Å²) in [5.41, 5.74) is 4.36. The van der Waals surface area contributed by atoms with Crippen LogP contribution in [0.25, 0.3) is 5.65 Å². The van der Waals surface area contributed by atoms with E-state index in [0.29, 0.717) is 16.2 Å². The van der Waals surface area contributed by atoms with Crippen molar-refractivity contribution in [2.45, 2.75) is 37.5 Å². The first kappa shape index (κ1) is 15.2. The van der Waals surface area contributed by atoms with E-state index in [9.17, 15) is 8.42 Å². The molecule has 2 aromatic heterocycles. The van der Waals surface area contributed by atoms with Gasteiger partial charge in [0.25, 0.3) is 10.0 Å². The third kappa shape index (κ3) is 2.67. The number of nitrogens with one attached hydrogen (secondary N) is 1. The van der Waals surface area contributed by atoms with Crippen LogP contribution in [-0.2, 0) is 22.9 Å². The predicted molar refractivity (Wildman–Crippen MR) is 93.8 cm³/mol. The van der Waals surface area contributed by atoms with Crippen LogP contribution in [0.5, 0.6) is 0 Å². The fourth-order valence-corrected chi connectivity index (χ4v) is 4.41. The molecule has 3 aromatic rings. The van der Waals surface area contributed by atoms with Crippen LogP contribution in [0.15, 0.2) is 47.6 Å². The molecule has 0 saturated carbocycles. The Balaban J connectivity index is 1.72. The van der Waals surface area contributed by atoms with E-state index in [-0.39, 0.29) is 0 Å². The Morgan fingerprint density at radius 2 is 1.92 bits per heavy atom. The quantitative estimate of drug-likeness (QED) is 0.795. The van der Waals surface area contributed by atoms with Gasteiger partial charge < -0.3 is 4.40 Å². The van der Waals surface area contributed by atoms with Gasteiger partial charge in [-0.05, 0) is 68.0 Å². The molecule has 0 atom stereocenters. The molecule has 0 fully saturated rings. The van der Waals surface area contributed by atoms with E-state index >= 15 is 0 Å². The fraction of sp³-hybridized carbons (Fsp3) is 0.278. The number of hydrogen-bond acceptors (Lipinski definition) is 3. The number of benzene rings is 1.